The summed E-state index contributed by atoms with van der Waals surface area (Å²) in [4.78, 5) is 1.61. The van der Waals surface area contributed by atoms with Crippen LogP contribution in [0.15, 0.2) is 41.6 Å². The molecule has 0 atom stereocenters. The zero-order valence-electron chi connectivity index (χ0n) is 9.67. The summed E-state index contributed by atoms with van der Waals surface area (Å²) in [6, 6.07) is 3.40. The first-order valence-corrected chi connectivity index (χ1v) is 5.26. The Hall–Kier alpha value is -0.506. The van der Waals surface area contributed by atoms with E-state index in [4.69, 9.17) is 11.6 Å². The molecule has 1 radical (unpaired) electrons. The molecule has 18 heavy (non-hydrogen) atoms. The summed E-state index contributed by atoms with van der Waals surface area (Å²) < 4.78 is 26.4. The van der Waals surface area contributed by atoms with Crippen molar-refractivity contribution in [2.45, 2.75) is 0 Å². The van der Waals surface area contributed by atoms with Crippen molar-refractivity contribution in [3.63, 3.8) is 0 Å². The van der Waals surface area contributed by atoms with Crippen LogP contribution in [-0.2, 0) is 32.7 Å². The van der Waals surface area contributed by atoms with Crippen molar-refractivity contribution in [1.82, 2.24) is 4.90 Å². The van der Waals surface area contributed by atoms with Gasteiger partial charge < -0.3 is 4.90 Å². The minimum Gasteiger partial charge on any atom is -0.377 e. The van der Waals surface area contributed by atoms with Gasteiger partial charge in [-0.15, -0.1) is 6.07 Å². The van der Waals surface area contributed by atoms with E-state index in [9.17, 15) is 8.78 Å². The van der Waals surface area contributed by atoms with Gasteiger partial charge in [-0.1, -0.05) is 17.8 Å². The summed E-state index contributed by atoms with van der Waals surface area (Å²) >= 11 is 5.87. The number of allylic oxidation sites excluding steroid dienone is 3. The van der Waals surface area contributed by atoms with Crippen LogP contribution in [0, 0.1) is 17.7 Å². The second-order valence-corrected chi connectivity index (χ2v) is 4.02. The Kier molecular flexibility index (Phi) is 5.26. The van der Waals surface area contributed by atoms with Crippen LogP contribution in [0.4, 0.5) is 8.78 Å². The summed E-state index contributed by atoms with van der Waals surface area (Å²) in [6.07, 6.45) is 4.37. The molecular formula is C13H9ClF2NY-. The molecule has 0 unspecified atom stereocenters. The molecule has 0 bridgehead atoms. The van der Waals surface area contributed by atoms with Crippen LogP contribution >= 0.6 is 11.6 Å². The van der Waals surface area contributed by atoms with Crippen LogP contribution in [0.5, 0.6) is 0 Å². The molecule has 1 nitrogen and oxygen atoms in total. The molecule has 0 saturated carbocycles. The van der Waals surface area contributed by atoms with Crippen molar-refractivity contribution in [3.05, 3.63) is 64.9 Å². The standard InChI is InChI=1S/C13H9ClF2N.Y/c1-8-11(14)5-6-13(17(8)2)10-4-3-9(15)7-12(10)16;/h3-5,7H,1H2,2H3;/q-1;. The topological polar surface area (TPSA) is 3.24 Å². The van der Waals surface area contributed by atoms with Gasteiger partial charge in [-0.2, -0.15) is 23.8 Å². The Labute approximate surface area is 135 Å². The Balaban J connectivity index is 0.00000162. The molecule has 0 fully saturated rings. The van der Waals surface area contributed by atoms with Crippen molar-refractivity contribution in [2.75, 3.05) is 7.05 Å². The monoisotopic (exact) mass is 341 g/mol. The summed E-state index contributed by atoms with van der Waals surface area (Å²) in [5.41, 5.74) is 1.27. The minimum absolute atomic E-state index is 0. The van der Waals surface area contributed by atoms with Crippen LogP contribution < -0.4 is 0 Å². The van der Waals surface area contributed by atoms with Crippen molar-refractivity contribution >= 4 is 17.3 Å². The summed E-state index contributed by atoms with van der Waals surface area (Å²) in [6.45, 7) is 3.77. The second kappa shape index (κ2) is 6.09. The van der Waals surface area contributed by atoms with Gasteiger partial charge in [0.1, 0.15) is 5.82 Å². The van der Waals surface area contributed by atoms with Crippen molar-refractivity contribution in [2.24, 2.45) is 0 Å². The molecule has 1 aromatic rings. The van der Waals surface area contributed by atoms with Crippen LogP contribution in [0.25, 0.3) is 5.70 Å². The Morgan fingerprint density at radius 3 is 2.61 bits per heavy atom. The summed E-state index contributed by atoms with van der Waals surface area (Å²) in [5, 5.41) is 0.443. The summed E-state index contributed by atoms with van der Waals surface area (Å²) in [5.74, 6) is -1.25. The summed E-state index contributed by atoms with van der Waals surface area (Å²) in [7, 11) is 1.70. The third-order valence-corrected chi connectivity index (χ3v) is 2.87. The molecule has 5 heteroatoms. The van der Waals surface area contributed by atoms with E-state index in [2.05, 4.69) is 12.7 Å². The molecule has 0 saturated heterocycles. The predicted molar refractivity (Wildman–Crippen MR) is 63.8 cm³/mol. The van der Waals surface area contributed by atoms with Gasteiger partial charge in [0.15, 0.2) is 0 Å². The van der Waals surface area contributed by atoms with E-state index in [1.807, 2.05) is 0 Å². The molecule has 0 aromatic heterocycles. The maximum atomic E-state index is 13.6. The first-order valence-electron chi connectivity index (χ1n) is 4.88. The average molecular weight is 342 g/mol. The molecule has 2 rings (SSSR count). The molecule has 0 amide bonds. The van der Waals surface area contributed by atoms with Gasteiger partial charge in [0.05, 0.1) is 5.82 Å². The van der Waals surface area contributed by atoms with Crippen molar-refractivity contribution in [1.29, 1.82) is 0 Å². The van der Waals surface area contributed by atoms with Crippen LogP contribution in [-0.4, -0.2) is 11.9 Å². The van der Waals surface area contributed by atoms with Gasteiger partial charge in [-0.3, -0.25) is 0 Å². The number of nitrogens with zero attached hydrogens (tertiary/aromatic N) is 1. The number of likely N-dealkylation sites (N-methyl/N-ethyl adjacent to an activating group) is 1. The van der Waals surface area contributed by atoms with Crippen molar-refractivity contribution in [3.8, 4) is 0 Å². The van der Waals surface area contributed by atoms with Gasteiger partial charge >= 0.3 is 0 Å². The van der Waals surface area contributed by atoms with Crippen LogP contribution in [0.2, 0.25) is 0 Å². The first-order chi connectivity index (χ1) is 8.00. The first kappa shape index (κ1) is 15.6. The number of hydrogen-bond donors (Lipinski definition) is 0. The molecule has 0 spiro atoms. The van der Waals surface area contributed by atoms with Crippen LogP contribution in [0.1, 0.15) is 5.56 Å². The molecular weight excluding hydrogens is 333 g/mol. The predicted octanol–water partition coefficient (Wildman–Crippen LogP) is 3.69. The number of rotatable bonds is 1. The van der Waals surface area contributed by atoms with E-state index in [0.29, 0.717) is 16.4 Å². The minimum atomic E-state index is -0.640. The number of hydrogen-bond acceptors (Lipinski definition) is 1. The maximum absolute atomic E-state index is 13.6. The molecule has 91 valence electrons. The molecule has 1 aromatic carbocycles. The van der Waals surface area contributed by atoms with Gasteiger partial charge in [-0.25, -0.2) is 8.78 Å². The zero-order chi connectivity index (χ0) is 12.6. The smallest absolute Gasteiger partial charge is 0.124 e. The molecule has 0 aliphatic carbocycles. The van der Waals surface area contributed by atoms with E-state index in [0.717, 1.165) is 6.07 Å². The third kappa shape index (κ3) is 2.90. The Morgan fingerprint density at radius 1 is 1.33 bits per heavy atom. The van der Waals surface area contributed by atoms with E-state index >= 15 is 0 Å². The fourth-order valence-electron chi connectivity index (χ4n) is 1.55. The molecule has 1 heterocycles. The van der Waals surface area contributed by atoms with E-state index < -0.39 is 11.6 Å². The quantitative estimate of drug-likeness (QED) is 0.704. The van der Waals surface area contributed by atoms with E-state index in [1.165, 1.54) is 18.2 Å². The number of halogens is 3. The SMILES string of the molecule is C=C1C(Cl)=C[C-]=C(c2ccc(F)cc2F)N1C.[Y]. The zero-order valence-corrected chi connectivity index (χ0v) is 13.3. The second-order valence-electron chi connectivity index (χ2n) is 3.62. The molecule has 0 N–H and O–H groups in total. The molecule has 1 aliphatic heterocycles. The van der Waals surface area contributed by atoms with Crippen LogP contribution in [0.3, 0.4) is 0 Å². The van der Waals surface area contributed by atoms with Gasteiger partial charge in [0, 0.05) is 39.8 Å². The Morgan fingerprint density at radius 2 is 2.00 bits per heavy atom. The fraction of sp³-hybridized carbons (Fsp3) is 0.0769. The van der Waals surface area contributed by atoms with Gasteiger partial charge in [0.25, 0.3) is 0 Å². The van der Waals surface area contributed by atoms with Gasteiger partial charge in [-0.05, 0) is 22.9 Å². The van der Waals surface area contributed by atoms with Gasteiger partial charge in [0.2, 0.25) is 0 Å². The fourth-order valence-corrected chi connectivity index (χ4v) is 1.73. The Bertz CT molecular complexity index is 552. The third-order valence-electron chi connectivity index (χ3n) is 2.54. The number of benzene rings is 1. The van der Waals surface area contributed by atoms with Crippen molar-refractivity contribution < 1.29 is 41.5 Å². The maximum Gasteiger partial charge on any atom is 0.124 e. The van der Waals surface area contributed by atoms with E-state index in [-0.39, 0.29) is 38.3 Å². The molecule has 1 aliphatic rings. The average Bonchev–Trinajstić information content (AvgIpc) is 2.28. The largest absolute Gasteiger partial charge is 0.377 e. The van der Waals surface area contributed by atoms with E-state index in [1.54, 1.807) is 11.9 Å². The normalized spacial score (nSPS) is 14.9.